The van der Waals surface area contributed by atoms with Crippen LogP contribution in [0.1, 0.15) is 38.1 Å². The van der Waals surface area contributed by atoms with Crippen molar-refractivity contribution >= 4 is 0 Å². The Morgan fingerprint density at radius 3 is 2.55 bits per heavy atom. The van der Waals surface area contributed by atoms with E-state index in [0.29, 0.717) is 6.54 Å². The summed E-state index contributed by atoms with van der Waals surface area (Å²) in [5.41, 5.74) is 8.01. The molecule has 0 saturated heterocycles. The molecule has 0 fully saturated rings. The molecule has 1 unspecified atom stereocenters. The number of pyridine rings is 1. The van der Waals surface area contributed by atoms with E-state index in [1.54, 1.807) is 6.20 Å². The van der Waals surface area contributed by atoms with Gasteiger partial charge in [-0.05, 0) is 35.2 Å². The van der Waals surface area contributed by atoms with Crippen molar-refractivity contribution in [2.75, 3.05) is 6.54 Å². The normalized spacial score (nSPS) is 13.0. The second-order valence-corrected chi connectivity index (χ2v) is 5.87. The summed E-state index contributed by atoms with van der Waals surface area (Å²) < 4.78 is 6.00. The van der Waals surface area contributed by atoms with Crippen molar-refractivity contribution in [2.24, 2.45) is 5.73 Å². The van der Waals surface area contributed by atoms with Crippen molar-refractivity contribution in [3.63, 3.8) is 0 Å². The van der Waals surface area contributed by atoms with E-state index in [4.69, 9.17) is 10.5 Å². The highest BCUT2D eigenvalue weighted by Gasteiger charge is 2.16. The molecule has 3 nitrogen and oxygen atoms in total. The molecule has 2 rings (SSSR count). The van der Waals surface area contributed by atoms with Crippen LogP contribution in [0.3, 0.4) is 0 Å². The van der Waals surface area contributed by atoms with E-state index in [1.807, 2.05) is 30.3 Å². The molecule has 0 aliphatic rings. The number of aromatic nitrogens is 1. The Labute approximate surface area is 120 Å². The lowest BCUT2D eigenvalue weighted by atomic mass is 9.87. The zero-order valence-electron chi connectivity index (χ0n) is 12.3. The third kappa shape index (κ3) is 3.58. The van der Waals surface area contributed by atoms with Gasteiger partial charge in [0.25, 0.3) is 0 Å². The summed E-state index contributed by atoms with van der Waals surface area (Å²) in [5, 5.41) is 0. The highest BCUT2D eigenvalue weighted by Crippen LogP contribution is 2.27. The molecule has 3 heteroatoms. The number of hydrogen-bond donors (Lipinski definition) is 1. The number of benzene rings is 1. The number of nitrogens with two attached hydrogens (primary N) is 1. The second-order valence-electron chi connectivity index (χ2n) is 5.87. The summed E-state index contributed by atoms with van der Waals surface area (Å²) in [4.78, 5) is 4.31. The first kappa shape index (κ1) is 14.5. The molecule has 106 valence electrons. The topological polar surface area (TPSA) is 48.1 Å². The predicted molar refractivity (Wildman–Crippen MR) is 81.8 cm³/mol. The summed E-state index contributed by atoms with van der Waals surface area (Å²) >= 11 is 0. The van der Waals surface area contributed by atoms with E-state index in [-0.39, 0.29) is 11.5 Å². The van der Waals surface area contributed by atoms with E-state index in [0.717, 1.165) is 11.4 Å². The molecule has 1 aromatic heterocycles. The summed E-state index contributed by atoms with van der Waals surface area (Å²) in [6.45, 7) is 6.96. The van der Waals surface area contributed by atoms with Crippen LogP contribution in [-0.4, -0.2) is 11.5 Å². The van der Waals surface area contributed by atoms with Gasteiger partial charge in [-0.1, -0.05) is 39.0 Å². The molecule has 0 aliphatic carbocycles. The lowest BCUT2D eigenvalue weighted by molar-refractivity contribution is 0.209. The molecular formula is C17H22N2O. The van der Waals surface area contributed by atoms with Crippen LogP contribution in [-0.2, 0) is 5.41 Å². The Kier molecular flexibility index (Phi) is 4.40. The fourth-order valence-corrected chi connectivity index (χ4v) is 2.00. The lowest BCUT2D eigenvalue weighted by Crippen LogP contribution is -2.20. The third-order valence-corrected chi connectivity index (χ3v) is 3.21. The van der Waals surface area contributed by atoms with Gasteiger partial charge in [0.05, 0.1) is 5.69 Å². The minimum absolute atomic E-state index is 0.0998. The van der Waals surface area contributed by atoms with Gasteiger partial charge >= 0.3 is 0 Å². The highest BCUT2D eigenvalue weighted by atomic mass is 16.5. The van der Waals surface area contributed by atoms with E-state index >= 15 is 0 Å². The Bertz CT molecular complexity index is 546. The van der Waals surface area contributed by atoms with Crippen molar-refractivity contribution in [1.82, 2.24) is 4.98 Å². The van der Waals surface area contributed by atoms with Crippen LogP contribution in [0.4, 0.5) is 0 Å². The first-order valence-corrected chi connectivity index (χ1v) is 6.89. The average molecular weight is 270 g/mol. The highest BCUT2D eigenvalue weighted by molar-refractivity contribution is 5.33. The molecule has 20 heavy (non-hydrogen) atoms. The van der Waals surface area contributed by atoms with Crippen molar-refractivity contribution in [2.45, 2.75) is 32.3 Å². The maximum Gasteiger partial charge on any atom is 0.153 e. The summed E-state index contributed by atoms with van der Waals surface area (Å²) in [6.07, 6.45) is 1.54. The molecule has 0 amide bonds. The second kappa shape index (κ2) is 6.06. The molecule has 0 radical (unpaired) electrons. The Balaban J connectivity index is 2.20. The fraction of sp³-hybridized carbons (Fsp3) is 0.353. The van der Waals surface area contributed by atoms with Crippen LogP contribution in [0.5, 0.6) is 5.75 Å². The zero-order valence-corrected chi connectivity index (χ0v) is 12.3. The zero-order chi connectivity index (χ0) is 14.6. The van der Waals surface area contributed by atoms with Crippen LogP contribution in [0, 0.1) is 0 Å². The first-order valence-electron chi connectivity index (χ1n) is 6.89. The Morgan fingerprint density at radius 1 is 1.15 bits per heavy atom. The van der Waals surface area contributed by atoms with Gasteiger partial charge in [-0.25, -0.2) is 0 Å². The van der Waals surface area contributed by atoms with E-state index < -0.39 is 0 Å². The SMILES string of the molecule is CC(C)(C)c1cccc(OC(CN)c2ccccn2)c1. The number of rotatable bonds is 4. The number of ether oxygens (including phenoxy) is 1. The largest absolute Gasteiger partial charge is 0.483 e. The molecule has 2 N–H and O–H groups in total. The molecule has 0 saturated carbocycles. The minimum atomic E-state index is -0.216. The van der Waals surface area contributed by atoms with Gasteiger partial charge in [0.1, 0.15) is 5.75 Å². The quantitative estimate of drug-likeness (QED) is 0.925. The van der Waals surface area contributed by atoms with Gasteiger partial charge in [-0.2, -0.15) is 0 Å². The first-order chi connectivity index (χ1) is 9.50. The van der Waals surface area contributed by atoms with E-state index in [1.165, 1.54) is 5.56 Å². The fourth-order valence-electron chi connectivity index (χ4n) is 2.00. The smallest absolute Gasteiger partial charge is 0.153 e. The molecule has 0 spiro atoms. The van der Waals surface area contributed by atoms with Crippen LogP contribution in [0.25, 0.3) is 0 Å². The molecular weight excluding hydrogens is 248 g/mol. The predicted octanol–water partition coefficient (Wildman–Crippen LogP) is 3.46. The average Bonchev–Trinajstić information content (AvgIpc) is 2.45. The molecule has 1 aromatic carbocycles. The Morgan fingerprint density at radius 2 is 1.95 bits per heavy atom. The summed E-state index contributed by atoms with van der Waals surface area (Å²) in [7, 11) is 0. The van der Waals surface area contributed by atoms with Crippen molar-refractivity contribution in [3.8, 4) is 5.75 Å². The van der Waals surface area contributed by atoms with Crippen LogP contribution in [0.2, 0.25) is 0 Å². The third-order valence-electron chi connectivity index (χ3n) is 3.21. The van der Waals surface area contributed by atoms with E-state index in [2.05, 4.69) is 37.9 Å². The van der Waals surface area contributed by atoms with Crippen molar-refractivity contribution in [1.29, 1.82) is 0 Å². The van der Waals surface area contributed by atoms with Crippen molar-refractivity contribution in [3.05, 3.63) is 59.9 Å². The maximum atomic E-state index is 6.00. The van der Waals surface area contributed by atoms with Crippen LogP contribution >= 0.6 is 0 Å². The van der Waals surface area contributed by atoms with Crippen LogP contribution < -0.4 is 10.5 Å². The number of hydrogen-bond acceptors (Lipinski definition) is 3. The minimum Gasteiger partial charge on any atom is -0.483 e. The maximum absolute atomic E-state index is 6.00. The summed E-state index contributed by atoms with van der Waals surface area (Å²) in [5.74, 6) is 0.832. The molecule has 1 heterocycles. The standard InChI is InChI=1S/C17H22N2O/c1-17(2,3)13-7-6-8-14(11-13)20-16(12-18)15-9-4-5-10-19-15/h4-11,16H,12,18H2,1-3H3. The molecule has 0 aliphatic heterocycles. The molecule has 1 atom stereocenters. The van der Waals surface area contributed by atoms with E-state index in [9.17, 15) is 0 Å². The number of nitrogens with zero attached hydrogens (tertiary/aromatic N) is 1. The molecule has 0 bridgehead atoms. The molecule has 2 aromatic rings. The summed E-state index contributed by atoms with van der Waals surface area (Å²) in [6, 6.07) is 13.9. The van der Waals surface area contributed by atoms with Gasteiger partial charge < -0.3 is 10.5 Å². The van der Waals surface area contributed by atoms with Gasteiger partial charge in [0.15, 0.2) is 6.10 Å². The lowest BCUT2D eigenvalue weighted by Gasteiger charge is -2.22. The van der Waals surface area contributed by atoms with Gasteiger partial charge in [-0.3, -0.25) is 4.98 Å². The van der Waals surface area contributed by atoms with Gasteiger partial charge in [0.2, 0.25) is 0 Å². The van der Waals surface area contributed by atoms with Crippen molar-refractivity contribution < 1.29 is 4.74 Å². The van der Waals surface area contributed by atoms with Gasteiger partial charge in [-0.15, -0.1) is 0 Å². The Hall–Kier alpha value is -1.87. The monoisotopic (exact) mass is 270 g/mol. The van der Waals surface area contributed by atoms with Gasteiger partial charge in [0, 0.05) is 12.7 Å². The van der Waals surface area contributed by atoms with Crippen LogP contribution in [0.15, 0.2) is 48.7 Å².